The number of fused-ring (bicyclic) bond motifs is 1. The maximum absolute atomic E-state index is 13.9. The Balaban J connectivity index is 1.61. The van der Waals surface area contributed by atoms with E-state index in [1.54, 1.807) is 17.0 Å². The summed E-state index contributed by atoms with van der Waals surface area (Å²) in [6.07, 6.45) is 0. The average molecular weight is 326 g/mol. The summed E-state index contributed by atoms with van der Waals surface area (Å²) in [6.45, 7) is 1.04. The van der Waals surface area contributed by atoms with Crippen molar-refractivity contribution in [1.29, 1.82) is 0 Å². The summed E-state index contributed by atoms with van der Waals surface area (Å²) in [5, 5.41) is 12.8. The Bertz CT molecular complexity index is 756. The molecule has 3 atom stereocenters. The Hall–Kier alpha value is -2.24. The Kier molecular flexibility index (Phi) is 3.82. The number of carbonyl (C=O) groups excluding carboxylic acids is 1. The average Bonchev–Trinajstić information content (AvgIpc) is 2.58. The molecule has 0 aromatic heterocycles. The van der Waals surface area contributed by atoms with E-state index in [-0.39, 0.29) is 36.3 Å². The number of halogens is 1. The topological polar surface area (TPSA) is 52.6 Å². The summed E-state index contributed by atoms with van der Waals surface area (Å²) >= 11 is 0. The predicted molar refractivity (Wildman–Crippen MR) is 89.0 cm³/mol. The minimum absolute atomic E-state index is 0.0397. The number of carbonyl (C=O) groups is 1. The molecule has 5 heteroatoms. The van der Waals surface area contributed by atoms with Crippen LogP contribution in [0.4, 0.5) is 4.39 Å². The van der Waals surface area contributed by atoms with Crippen molar-refractivity contribution in [3.63, 3.8) is 0 Å². The number of benzene rings is 2. The van der Waals surface area contributed by atoms with Crippen LogP contribution < -0.4 is 5.32 Å². The summed E-state index contributed by atoms with van der Waals surface area (Å²) in [5.41, 5.74) is 2.48. The summed E-state index contributed by atoms with van der Waals surface area (Å²) < 4.78 is 13.9. The molecule has 2 saturated heterocycles. The van der Waals surface area contributed by atoms with Crippen LogP contribution in [0.25, 0.3) is 11.1 Å². The van der Waals surface area contributed by atoms with Gasteiger partial charge in [0.05, 0.1) is 25.2 Å². The van der Waals surface area contributed by atoms with E-state index < -0.39 is 0 Å². The van der Waals surface area contributed by atoms with Crippen LogP contribution >= 0.6 is 0 Å². The Morgan fingerprint density at radius 1 is 1.17 bits per heavy atom. The molecule has 2 heterocycles. The second-order valence-corrected chi connectivity index (χ2v) is 6.38. The van der Waals surface area contributed by atoms with E-state index in [9.17, 15) is 14.3 Å². The fourth-order valence-corrected chi connectivity index (χ4v) is 3.99. The zero-order valence-corrected chi connectivity index (χ0v) is 13.2. The zero-order valence-electron chi connectivity index (χ0n) is 13.2. The number of amides is 1. The summed E-state index contributed by atoms with van der Waals surface area (Å²) in [5.74, 6) is -0.0821. The van der Waals surface area contributed by atoms with Crippen molar-refractivity contribution in [3.8, 4) is 11.1 Å². The van der Waals surface area contributed by atoms with Gasteiger partial charge < -0.3 is 15.3 Å². The van der Waals surface area contributed by atoms with E-state index in [0.717, 1.165) is 17.7 Å². The lowest BCUT2D eigenvalue weighted by Crippen LogP contribution is -2.72. The van der Waals surface area contributed by atoms with Crippen LogP contribution in [-0.2, 0) is 4.79 Å². The molecule has 0 saturated carbocycles. The minimum Gasteiger partial charge on any atom is -0.394 e. The third-order valence-electron chi connectivity index (χ3n) is 5.13. The molecule has 2 fully saturated rings. The van der Waals surface area contributed by atoms with Crippen molar-refractivity contribution in [2.75, 3.05) is 19.7 Å². The molecule has 1 amide bonds. The molecule has 2 N–H and O–H groups in total. The highest BCUT2D eigenvalue weighted by molar-refractivity contribution is 5.81. The van der Waals surface area contributed by atoms with Gasteiger partial charge in [-0.2, -0.15) is 0 Å². The van der Waals surface area contributed by atoms with Gasteiger partial charge in [-0.1, -0.05) is 42.5 Å². The lowest BCUT2D eigenvalue weighted by molar-refractivity contribution is -0.153. The lowest BCUT2D eigenvalue weighted by atomic mass is 9.74. The van der Waals surface area contributed by atoms with Crippen molar-refractivity contribution in [3.05, 3.63) is 59.9 Å². The van der Waals surface area contributed by atoms with Crippen molar-refractivity contribution in [1.82, 2.24) is 10.2 Å². The van der Waals surface area contributed by atoms with Gasteiger partial charge in [-0.05, 0) is 17.2 Å². The van der Waals surface area contributed by atoms with Crippen molar-refractivity contribution < 1.29 is 14.3 Å². The summed E-state index contributed by atoms with van der Waals surface area (Å²) in [6, 6.07) is 14.4. The molecule has 4 nitrogen and oxygen atoms in total. The lowest BCUT2D eigenvalue weighted by Gasteiger charge is -2.57. The molecule has 24 heavy (non-hydrogen) atoms. The molecule has 0 aliphatic carbocycles. The van der Waals surface area contributed by atoms with Crippen molar-refractivity contribution >= 4 is 5.91 Å². The van der Waals surface area contributed by atoms with E-state index in [1.807, 2.05) is 30.3 Å². The fraction of sp³-hybridized carbons (Fsp3) is 0.316. The van der Waals surface area contributed by atoms with Gasteiger partial charge in [0.15, 0.2) is 0 Å². The van der Waals surface area contributed by atoms with Crippen LogP contribution in [0.1, 0.15) is 11.5 Å². The van der Waals surface area contributed by atoms with Gasteiger partial charge in [-0.15, -0.1) is 0 Å². The van der Waals surface area contributed by atoms with Crippen molar-refractivity contribution in [2.24, 2.45) is 0 Å². The third kappa shape index (κ3) is 2.32. The monoisotopic (exact) mass is 326 g/mol. The van der Waals surface area contributed by atoms with Crippen LogP contribution in [0, 0.1) is 5.82 Å². The van der Waals surface area contributed by atoms with Crippen LogP contribution in [0.5, 0.6) is 0 Å². The quantitative estimate of drug-likeness (QED) is 0.904. The van der Waals surface area contributed by atoms with Gasteiger partial charge >= 0.3 is 0 Å². The Labute approximate surface area is 139 Å². The standard InChI is InChI=1S/C19H19FN2O2/c20-15-4-2-1-3-14(15)12-5-7-13(8-6-12)19-16-9-21-10-18(24)22(16)17(19)11-23/h1-8,16-17,19,21,23H,9-11H2/t16-,17-,19-/m1/s1. The first-order valence-electron chi connectivity index (χ1n) is 8.18. The normalized spacial score (nSPS) is 26.0. The number of nitrogens with zero attached hydrogens (tertiary/aromatic N) is 1. The van der Waals surface area contributed by atoms with Gasteiger partial charge in [0.2, 0.25) is 5.91 Å². The van der Waals surface area contributed by atoms with E-state index in [0.29, 0.717) is 12.1 Å². The van der Waals surface area contributed by atoms with Crippen LogP contribution in [0.2, 0.25) is 0 Å². The van der Waals surface area contributed by atoms with E-state index in [1.165, 1.54) is 6.07 Å². The largest absolute Gasteiger partial charge is 0.394 e. The number of nitrogens with one attached hydrogen (secondary N) is 1. The second kappa shape index (κ2) is 6.00. The number of piperazine rings is 1. The summed E-state index contributed by atoms with van der Waals surface area (Å²) in [7, 11) is 0. The van der Waals surface area contributed by atoms with E-state index >= 15 is 0 Å². The molecule has 0 spiro atoms. The van der Waals surface area contributed by atoms with Gasteiger partial charge in [-0.3, -0.25) is 4.79 Å². The highest BCUT2D eigenvalue weighted by Gasteiger charge is 2.52. The molecule has 2 aromatic carbocycles. The Morgan fingerprint density at radius 3 is 2.62 bits per heavy atom. The minimum atomic E-state index is -0.240. The number of aliphatic hydroxyl groups is 1. The first-order chi connectivity index (χ1) is 11.7. The molecular formula is C19H19FN2O2. The fourth-order valence-electron chi connectivity index (χ4n) is 3.99. The molecular weight excluding hydrogens is 307 g/mol. The molecule has 2 aromatic rings. The third-order valence-corrected chi connectivity index (χ3v) is 5.13. The number of aliphatic hydroxyl groups excluding tert-OH is 1. The van der Waals surface area contributed by atoms with Gasteiger partial charge in [0.25, 0.3) is 0 Å². The highest BCUT2D eigenvalue weighted by atomic mass is 19.1. The first kappa shape index (κ1) is 15.3. The Morgan fingerprint density at radius 2 is 1.92 bits per heavy atom. The number of hydrogen-bond acceptors (Lipinski definition) is 3. The SMILES string of the molecule is O=C1CNC[C@@H]2[C@@H](c3ccc(-c4ccccc4F)cc3)[C@@H](CO)N12. The van der Waals surface area contributed by atoms with Gasteiger partial charge in [0, 0.05) is 18.0 Å². The zero-order chi connectivity index (χ0) is 16.7. The smallest absolute Gasteiger partial charge is 0.237 e. The van der Waals surface area contributed by atoms with Gasteiger partial charge in [0.1, 0.15) is 5.82 Å². The maximum atomic E-state index is 13.9. The molecule has 0 radical (unpaired) electrons. The van der Waals surface area contributed by atoms with E-state index in [2.05, 4.69) is 5.32 Å². The first-order valence-corrected chi connectivity index (χ1v) is 8.18. The molecule has 0 bridgehead atoms. The van der Waals surface area contributed by atoms with E-state index in [4.69, 9.17) is 0 Å². The maximum Gasteiger partial charge on any atom is 0.237 e. The van der Waals surface area contributed by atoms with Gasteiger partial charge in [-0.25, -0.2) is 4.39 Å². The molecule has 0 unspecified atom stereocenters. The predicted octanol–water partition coefficient (Wildman–Crippen LogP) is 1.75. The summed E-state index contributed by atoms with van der Waals surface area (Å²) in [4.78, 5) is 13.8. The van der Waals surface area contributed by atoms with Crippen LogP contribution in [0.15, 0.2) is 48.5 Å². The number of rotatable bonds is 3. The molecule has 2 aliphatic rings. The molecule has 124 valence electrons. The van der Waals surface area contributed by atoms with Crippen LogP contribution in [-0.4, -0.2) is 47.7 Å². The highest BCUT2D eigenvalue weighted by Crippen LogP contribution is 2.41. The van der Waals surface area contributed by atoms with Crippen LogP contribution in [0.3, 0.4) is 0 Å². The van der Waals surface area contributed by atoms with Crippen molar-refractivity contribution in [2.45, 2.75) is 18.0 Å². The second-order valence-electron chi connectivity index (χ2n) is 6.38. The molecule has 2 aliphatic heterocycles. The molecule has 4 rings (SSSR count). The number of hydrogen-bond donors (Lipinski definition) is 2.